The minimum absolute atomic E-state index is 0.0263. The van der Waals surface area contributed by atoms with E-state index in [1.165, 1.54) is 16.7 Å². The van der Waals surface area contributed by atoms with Crippen molar-refractivity contribution in [2.75, 3.05) is 18.1 Å². The first kappa shape index (κ1) is 11.0. The molecule has 1 heterocycles. The number of hydrogen-bond acceptors (Lipinski definition) is 4. The van der Waals surface area contributed by atoms with Crippen molar-refractivity contribution in [3.05, 3.63) is 0 Å². The molecule has 2 amide bonds. The van der Waals surface area contributed by atoms with E-state index in [9.17, 15) is 9.59 Å². The molecule has 2 N–H and O–H groups in total. The maximum absolute atomic E-state index is 11.7. The van der Waals surface area contributed by atoms with Gasteiger partial charge in [0.05, 0.1) is 11.5 Å². The third-order valence-electron chi connectivity index (χ3n) is 3.24. The molecule has 1 saturated carbocycles. The van der Waals surface area contributed by atoms with Crippen molar-refractivity contribution in [2.24, 2.45) is 11.7 Å². The molecule has 2 aliphatic rings. The normalized spacial score (nSPS) is 32.5. The molecular formula is C10H16N2O2S. The zero-order valence-corrected chi connectivity index (χ0v) is 9.46. The fourth-order valence-corrected chi connectivity index (χ4v) is 3.24. The van der Waals surface area contributed by atoms with Gasteiger partial charge in [-0.2, -0.15) is 0 Å². The molecule has 5 heteroatoms. The van der Waals surface area contributed by atoms with Crippen LogP contribution in [-0.4, -0.2) is 40.8 Å². The number of carbonyl (C=O) groups excluding carboxylic acids is 2. The minimum atomic E-state index is -0.0263. The number of thioether (sulfide) groups is 1. The van der Waals surface area contributed by atoms with Crippen molar-refractivity contribution in [1.82, 2.24) is 4.90 Å². The molecule has 2 unspecified atom stereocenters. The molecular weight excluding hydrogens is 212 g/mol. The zero-order valence-electron chi connectivity index (χ0n) is 8.65. The second-order valence-electron chi connectivity index (χ2n) is 4.14. The second-order valence-corrected chi connectivity index (χ2v) is 5.13. The Morgan fingerprint density at radius 1 is 1.27 bits per heavy atom. The Bertz CT molecular complexity index is 267. The molecule has 0 aromatic heterocycles. The van der Waals surface area contributed by atoms with E-state index in [1.807, 2.05) is 0 Å². The molecule has 0 spiro atoms. The second kappa shape index (κ2) is 4.53. The number of amides is 2. The minimum Gasteiger partial charge on any atom is -0.330 e. The van der Waals surface area contributed by atoms with Gasteiger partial charge >= 0.3 is 0 Å². The van der Waals surface area contributed by atoms with Gasteiger partial charge in [0.25, 0.3) is 0 Å². The van der Waals surface area contributed by atoms with E-state index in [2.05, 4.69) is 0 Å². The van der Waals surface area contributed by atoms with Gasteiger partial charge in [-0.1, -0.05) is 6.42 Å². The summed E-state index contributed by atoms with van der Waals surface area (Å²) in [6.45, 7) is 0.578. The monoisotopic (exact) mass is 228 g/mol. The summed E-state index contributed by atoms with van der Waals surface area (Å²) in [5.41, 5.74) is 5.67. The van der Waals surface area contributed by atoms with Crippen molar-refractivity contribution in [1.29, 1.82) is 0 Å². The van der Waals surface area contributed by atoms with Crippen LogP contribution in [0.3, 0.4) is 0 Å². The van der Waals surface area contributed by atoms with Crippen molar-refractivity contribution in [2.45, 2.75) is 25.3 Å². The van der Waals surface area contributed by atoms with Gasteiger partial charge in [-0.05, 0) is 25.3 Å². The van der Waals surface area contributed by atoms with Crippen LogP contribution in [-0.2, 0) is 9.59 Å². The van der Waals surface area contributed by atoms with Crippen LogP contribution in [0.15, 0.2) is 0 Å². The summed E-state index contributed by atoms with van der Waals surface area (Å²) >= 11 is 1.41. The lowest BCUT2D eigenvalue weighted by molar-refractivity contribution is -0.145. The SMILES string of the molecule is NCC1CCCC1N1C(=O)CSCC1=O. The number of hydrogen-bond donors (Lipinski definition) is 1. The van der Waals surface area contributed by atoms with Crippen LogP contribution >= 0.6 is 11.8 Å². The zero-order chi connectivity index (χ0) is 10.8. The Balaban J connectivity index is 2.13. The van der Waals surface area contributed by atoms with Gasteiger partial charge in [-0.3, -0.25) is 14.5 Å². The third-order valence-corrected chi connectivity index (χ3v) is 4.14. The fourth-order valence-electron chi connectivity index (χ4n) is 2.51. The molecule has 0 bridgehead atoms. The van der Waals surface area contributed by atoms with Gasteiger partial charge in [0, 0.05) is 6.04 Å². The smallest absolute Gasteiger partial charge is 0.239 e. The van der Waals surface area contributed by atoms with E-state index in [-0.39, 0.29) is 17.9 Å². The predicted octanol–water partition coefficient (Wildman–Crippen LogP) is 0.216. The highest BCUT2D eigenvalue weighted by Gasteiger charge is 2.38. The van der Waals surface area contributed by atoms with Gasteiger partial charge in [-0.25, -0.2) is 0 Å². The highest BCUT2D eigenvalue weighted by Crippen LogP contribution is 2.31. The summed E-state index contributed by atoms with van der Waals surface area (Å²) in [5.74, 6) is 1.16. The third kappa shape index (κ3) is 2.03. The number of nitrogens with two attached hydrogens (primary N) is 1. The Hall–Kier alpha value is -0.550. The van der Waals surface area contributed by atoms with E-state index in [0.717, 1.165) is 19.3 Å². The van der Waals surface area contributed by atoms with Crippen LogP contribution in [0.1, 0.15) is 19.3 Å². The standard InChI is InChI=1S/C10H16N2O2S/c11-4-7-2-1-3-8(7)12-9(13)5-15-6-10(12)14/h7-8H,1-6,11H2. The van der Waals surface area contributed by atoms with Crippen molar-refractivity contribution < 1.29 is 9.59 Å². The van der Waals surface area contributed by atoms with Crippen molar-refractivity contribution in [3.8, 4) is 0 Å². The van der Waals surface area contributed by atoms with Gasteiger partial charge in [0.2, 0.25) is 11.8 Å². The summed E-state index contributed by atoms with van der Waals surface area (Å²) in [7, 11) is 0. The van der Waals surface area contributed by atoms with E-state index in [4.69, 9.17) is 5.73 Å². The molecule has 0 aromatic rings. The summed E-state index contributed by atoms with van der Waals surface area (Å²) in [6, 6.07) is 0.0795. The maximum atomic E-state index is 11.7. The van der Waals surface area contributed by atoms with Gasteiger partial charge in [0.15, 0.2) is 0 Å². The number of imide groups is 1. The first-order valence-electron chi connectivity index (χ1n) is 5.36. The van der Waals surface area contributed by atoms with E-state index >= 15 is 0 Å². The summed E-state index contributed by atoms with van der Waals surface area (Å²) in [5, 5.41) is 0. The number of carbonyl (C=O) groups is 2. The Morgan fingerprint density at radius 3 is 2.53 bits per heavy atom. The first-order valence-corrected chi connectivity index (χ1v) is 6.52. The maximum Gasteiger partial charge on any atom is 0.239 e. The molecule has 1 aliphatic heterocycles. The van der Waals surface area contributed by atoms with Crippen LogP contribution < -0.4 is 5.73 Å². The first-order chi connectivity index (χ1) is 7.24. The van der Waals surface area contributed by atoms with Crippen molar-refractivity contribution in [3.63, 3.8) is 0 Å². The molecule has 0 radical (unpaired) electrons. The van der Waals surface area contributed by atoms with Crippen LogP contribution in [0, 0.1) is 5.92 Å². The molecule has 2 atom stereocenters. The molecule has 15 heavy (non-hydrogen) atoms. The highest BCUT2D eigenvalue weighted by molar-refractivity contribution is 8.00. The lowest BCUT2D eigenvalue weighted by atomic mass is 10.0. The topological polar surface area (TPSA) is 63.4 Å². The molecule has 84 valence electrons. The van der Waals surface area contributed by atoms with Crippen molar-refractivity contribution >= 4 is 23.6 Å². The Kier molecular flexibility index (Phi) is 3.31. The molecule has 4 nitrogen and oxygen atoms in total. The number of rotatable bonds is 2. The van der Waals surface area contributed by atoms with Crippen LogP contribution in [0.5, 0.6) is 0 Å². The van der Waals surface area contributed by atoms with Gasteiger partial charge in [-0.15, -0.1) is 11.8 Å². The van der Waals surface area contributed by atoms with Crippen LogP contribution in [0.4, 0.5) is 0 Å². The largest absolute Gasteiger partial charge is 0.330 e. The lowest BCUT2D eigenvalue weighted by Gasteiger charge is -2.33. The lowest BCUT2D eigenvalue weighted by Crippen LogP contribution is -2.51. The highest BCUT2D eigenvalue weighted by atomic mass is 32.2. The van der Waals surface area contributed by atoms with Crippen LogP contribution in [0.2, 0.25) is 0 Å². The summed E-state index contributed by atoms with van der Waals surface area (Å²) in [6.07, 6.45) is 3.06. The van der Waals surface area contributed by atoms with E-state index < -0.39 is 0 Å². The fraction of sp³-hybridized carbons (Fsp3) is 0.800. The molecule has 2 rings (SSSR count). The molecule has 0 aromatic carbocycles. The summed E-state index contributed by atoms with van der Waals surface area (Å²) in [4.78, 5) is 24.9. The number of nitrogens with zero attached hydrogens (tertiary/aromatic N) is 1. The Morgan fingerprint density at radius 2 is 1.93 bits per heavy atom. The quantitative estimate of drug-likeness (QED) is 0.687. The predicted molar refractivity (Wildman–Crippen MR) is 59.4 cm³/mol. The molecule has 2 fully saturated rings. The summed E-state index contributed by atoms with van der Waals surface area (Å²) < 4.78 is 0. The average molecular weight is 228 g/mol. The Labute approximate surface area is 93.6 Å². The van der Waals surface area contributed by atoms with E-state index in [0.29, 0.717) is 24.0 Å². The van der Waals surface area contributed by atoms with Crippen LogP contribution in [0.25, 0.3) is 0 Å². The molecule has 1 aliphatic carbocycles. The average Bonchev–Trinajstić information content (AvgIpc) is 2.65. The molecule has 1 saturated heterocycles. The van der Waals surface area contributed by atoms with Gasteiger partial charge < -0.3 is 5.73 Å². The van der Waals surface area contributed by atoms with Gasteiger partial charge in [0.1, 0.15) is 0 Å². The van der Waals surface area contributed by atoms with E-state index in [1.54, 1.807) is 0 Å².